The van der Waals surface area contributed by atoms with Crippen molar-refractivity contribution in [2.75, 3.05) is 5.32 Å². The Morgan fingerprint density at radius 1 is 1.03 bits per heavy atom. The molecule has 0 spiro atoms. The van der Waals surface area contributed by atoms with E-state index in [-0.39, 0.29) is 23.0 Å². The van der Waals surface area contributed by atoms with Crippen LogP contribution < -0.4 is 16.2 Å². The molecule has 2 atom stereocenters. The van der Waals surface area contributed by atoms with E-state index in [1.165, 1.54) is 26.0 Å². The van der Waals surface area contributed by atoms with Gasteiger partial charge in [-0.1, -0.05) is 74.0 Å². The summed E-state index contributed by atoms with van der Waals surface area (Å²) < 4.78 is 45.6. The predicted octanol–water partition coefficient (Wildman–Crippen LogP) is 4.98. The normalized spacial score (nSPS) is 13.0. The smallest absolute Gasteiger partial charge is 0.416 e. The number of carbonyl (C=O) groups excluding carboxylic acids is 2. The highest BCUT2D eigenvalue weighted by Gasteiger charge is 2.45. The van der Waals surface area contributed by atoms with Gasteiger partial charge in [-0.05, 0) is 29.7 Å². The van der Waals surface area contributed by atoms with E-state index in [1.54, 1.807) is 54.6 Å². The summed E-state index contributed by atoms with van der Waals surface area (Å²) in [6.07, 6.45) is -8.70. The van der Waals surface area contributed by atoms with Gasteiger partial charge >= 0.3 is 12.3 Å². The zero-order chi connectivity index (χ0) is 28.7. The molecule has 208 valence electrons. The van der Waals surface area contributed by atoms with Gasteiger partial charge in [0.05, 0.1) is 11.7 Å². The second kappa shape index (κ2) is 12.8. The van der Waals surface area contributed by atoms with Crippen molar-refractivity contribution in [3.63, 3.8) is 0 Å². The molecule has 39 heavy (non-hydrogen) atoms. The van der Waals surface area contributed by atoms with Gasteiger partial charge in [-0.25, -0.2) is 4.79 Å². The molecular formula is C27H27ClF3N3O5. The van der Waals surface area contributed by atoms with Crippen molar-refractivity contribution in [3.05, 3.63) is 87.7 Å². The summed E-state index contributed by atoms with van der Waals surface area (Å²) in [5.41, 5.74) is 0.222. The molecule has 0 aliphatic heterocycles. The Kier molecular flexibility index (Phi) is 9.76. The number of nitrogens with one attached hydrogen (secondary N) is 2. The number of carbonyl (C=O) groups is 2. The Morgan fingerprint density at radius 2 is 1.67 bits per heavy atom. The molecule has 12 heteroatoms. The monoisotopic (exact) mass is 565 g/mol. The molecule has 0 bridgehead atoms. The molecule has 2 amide bonds. The lowest BCUT2D eigenvalue weighted by atomic mass is 9.98. The molecule has 0 fully saturated rings. The lowest BCUT2D eigenvalue weighted by Gasteiger charge is -2.29. The number of halogens is 4. The largest absolute Gasteiger partial charge is 0.444 e. The molecule has 0 saturated carbocycles. The third-order valence-electron chi connectivity index (χ3n) is 5.80. The van der Waals surface area contributed by atoms with Gasteiger partial charge in [0.25, 0.3) is 5.56 Å². The number of aliphatic hydroxyl groups is 1. The van der Waals surface area contributed by atoms with Gasteiger partial charge in [0.1, 0.15) is 18.8 Å². The topological polar surface area (TPSA) is 110 Å². The van der Waals surface area contributed by atoms with Crippen LogP contribution in [0, 0.1) is 5.92 Å². The number of alkyl halides is 3. The first kappa shape index (κ1) is 29.7. The first-order chi connectivity index (χ1) is 18.4. The molecule has 3 rings (SSSR count). The summed E-state index contributed by atoms with van der Waals surface area (Å²) in [5, 5.41) is 14.5. The van der Waals surface area contributed by atoms with Crippen molar-refractivity contribution in [2.45, 2.75) is 45.3 Å². The molecule has 0 saturated heterocycles. The molecular weight excluding hydrogens is 539 g/mol. The third kappa shape index (κ3) is 7.84. The quantitative estimate of drug-likeness (QED) is 0.339. The Balaban J connectivity index is 1.90. The lowest BCUT2D eigenvalue weighted by Crippen LogP contribution is -2.53. The fourth-order valence-corrected chi connectivity index (χ4v) is 4.03. The van der Waals surface area contributed by atoms with Crippen LogP contribution in [-0.4, -0.2) is 40.0 Å². The highest BCUT2D eigenvalue weighted by atomic mass is 35.5. The number of aliphatic hydroxyl groups excluding tert-OH is 1. The summed E-state index contributed by atoms with van der Waals surface area (Å²) >= 11 is 6.30. The fraction of sp³-hybridized carbons (Fsp3) is 0.296. The maximum Gasteiger partial charge on any atom is 0.416 e. The van der Waals surface area contributed by atoms with E-state index in [2.05, 4.69) is 10.6 Å². The number of hydrogen-bond acceptors (Lipinski definition) is 5. The van der Waals surface area contributed by atoms with Crippen LogP contribution in [0.15, 0.2) is 71.5 Å². The Morgan fingerprint density at radius 3 is 2.28 bits per heavy atom. The molecule has 1 aromatic heterocycles. The summed E-state index contributed by atoms with van der Waals surface area (Å²) in [4.78, 5) is 38.6. The second-order valence-corrected chi connectivity index (χ2v) is 9.42. The molecule has 0 aliphatic rings. The maximum absolute atomic E-state index is 13.4. The van der Waals surface area contributed by atoms with Crippen molar-refractivity contribution in [2.24, 2.45) is 5.92 Å². The molecule has 2 unspecified atom stereocenters. The standard InChI is InChI=1S/C27H27ClF3N3O5/c1-16(2)23(24(36)27(29,30)31)33-22(35)14-34-21(18-10-6-7-11-19(18)28)13-12-20(25(34)37)32-26(38)39-15-17-8-4-3-5-9-17/h3-13,16,23-24,36H,14-15H2,1-2H3,(H,32,38)(H,33,35). The Hall–Kier alpha value is -3.83. The SMILES string of the molecule is CC(C)C(NC(=O)Cn1c(-c2ccccc2Cl)ccc(NC(=O)OCc2ccccc2)c1=O)C(O)C(F)(F)F. The van der Waals surface area contributed by atoms with Gasteiger partial charge in [0.2, 0.25) is 5.91 Å². The van der Waals surface area contributed by atoms with Crippen molar-refractivity contribution in [1.29, 1.82) is 0 Å². The zero-order valence-corrected chi connectivity index (χ0v) is 21.8. The highest BCUT2D eigenvalue weighted by Crippen LogP contribution is 2.28. The molecule has 8 nitrogen and oxygen atoms in total. The van der Waals surface area contributed by atoms with Crippen LogP contribution in [0.5, 0.6) is 0 Å². The van der Waals surface area contributed by atoms with Gasteiger partial charge in [-0.15, -0.1) is 0 Å². The van der Waals surface area contributed by atoms with Crippen LogP contribution in [0.1, 0.15) is 19.4 Å². The number of benzene rings is 2. The fourth-order valence-electron chi connectivity index (χ4n) is 3.79. The Bertz CT molecular complexity index is 1360. The van der Waals surface area contributed by atoms with Crippen molar-refractivity contribution >= 4 is 29.3 Å². The third-order valence-corrected chi connectivity index (χ3v) is 6.13. The highest BCUT2D eigenvalue weighted by molar-refractivity contribution is 6.33. The molecule has 3 N–H and O–H groups in total. The van der Waals surface area contributed by atoms with E-state index >= 15 is 0 Å². The molecule has 1 heterocycles. The first-order valence-corrected chi connectivity index (χ1v) is 12.3. The number of ether oxygens (including phenoxy) is 1. The zero-order valence-electron chi connectivity index (χ0n) is 21.0. The molecule has 0 aliphatic carbocycles. The first-order valence-electron chi connectivity index (χ1n) is 11.9. The molecule has 2 aromatic carbocycles. The van der Waals surface area contributed by atoms with E-state index < -0.39 is 48.3 Å². The average Bonchev–Trinajstić information content (AvgIpc) is 2.88. The number of pyridine rings is 1. The van der Waals surface area contributed by atoms with Gasteiger partial charge in [0, 0.05) is 10.6 Å². The van der Waals surface area contributed by atoms with E-state index in [4.69, 9.17) is 16.3 Å². The van der Waals surface area contributed by atoms with Gasteiger partial charge < -0.3 is 15.2 Å². The second-order valence-electron chi connectivity index (χ2n) is 9.01. The number of nitrogens with zero attached hydrogens (tertiary/aromatic N) is 1. The minimum absolute atomic E-state index is 0.0564. The number of rotatable bonds is 9. The summed E-state index contributed by atoms with van der Waals surface area (Å²) in [6.45, 7) is 2.04. The van der Waals surface area contributed by atoms with E-state index in [0.29, 0.717) is 5.56 Å². The number of anilines is 1. The van der Waals surface area contributed by atoms with Crippen LogP contribution in [0.4, 0.5) is 23.7 Å². The van der Waals surface area contributed by atoms with Crippen LogP contribution in [0.3, 0.4) is 0 Å². The van der Waals surface area contributed by atoms with Gasteiger partial charge in [-0.3, -0.25) is 19.5 Å². The summed E-state index contributed by atoms with van der Waals surface area (Å²) in [6, 6.07) is 16.4. The number of hydrogen-bond donors (Lipinski definition) is 3. The average molecular weight is 566 g/mol. The van der Waals surface area contributed by atoms with E-state index in [1.807, 2.05) is 0 Å². The minimum atomic E-state index is -4.97. The van der Waals surface area contributed by atoms with Crippen molar-refractivity contribution in [3.8, 4) is 11.3 Å². The predicted molar refractivity (Wildman–Crippen MR) is 140 cm³/mol. The van der Waals surface area contributed by atoms with Crippen molar-refractivity contribution in [1.82, 2.24) is 9.88 Å². The summed E-state index contributed by atoms with van der Waals surface area (Å²) in [7, 11) is 0. The van der Waals surface area contributed by atoms with Gasteiger partial charge in [-0.2, -0.15) is 13.2 Å². The maximum atomic E-state index is 13.4. The van der Waals surface area contributed by atoms with Crippen LogP contribution >= 0.6 is 11.6 Å². The lowest BCUT2D eigenvalue weighted by molar-refractivity contribution is -0.215. The summed E-state index contributed by atoms with van der Waals surface area (Å²) in [5.74, 6) is -1.74. The van der Waals surface area contributed by atoms with E-state index in [0.717, 1.165) is 10.1 Å². The minimum Gasteiger partial charge on any atom is -0.444 e. The number of amides is 2. The van der Waals surface area contributed by atoms with E-state index in [9.17, 15) is 32.7 Å². The van der Waals surface area contributed by atoms with Gasteiger partial charge in [0.15, 0.2) is 6.10 Å². The van der Waals surface area contributed by atoms with Crippen LogP contribution in [0.2, 0.25) is 5.02 Å². The molecule has 3 aromatic rings. The van der Waals surface area contributed by atoms with Crippen LogP contribution in [-0.2, 0) is 22.7 Å². The van der Waals surface area contributed by atoms with Crippen molar-refractivity contribution < 1.29 is 32.6 Å². The number of aromatic nitrogens is 1. The van der Waals surface area contributed by atoms with Crippen LogP contribution in [0.25, 0.3) is 11.3 Å². The molecule has 0 radical (unpaired) electrons. The Labute approximate surface area is 227 Å².